The minimum absolute atomic E-state index is 0.387. The molecule has 0 heterocycles. The lowest BCUT2D eigenvalue weighted by Gasteiger charge is -2.35. The van der Waals surface area contributed by atoms with Gasteiger partial charge in [-0.1, -0.05) is 19.4 Å². The normalized spacial score (nSPS) is 16.8. The smallest absolute Gasteiger partial charge is 0.123 e. The molecule has 3 nitrogen and oxygen atoms in total. The van der Waals surface area contributed by atoms with Crippen molar-refractivity contribution < 1.29 is 4.74 Å². The number of rotatable bonds is 8. The number of benzene rings is 1. The van der Waals surface area contributed by atoms with Gasteiger partial charge in [0.1, 0.15) is 5.75 Å². The molecule has 21 heavy (non-hydrogen) atoms. The maximum atomic E-state index is 5.82. The van der Waals surface area contributed by atoms with Crippen molar-refractivity contribution in [1.82, 2.24) is 10.2 Å². The Morgan fingerprint density at radius 3 is 2.67 bits per heavy atom. The standard InChI is InChI=1S/C18H30N2O/c1-5-19-14(3)15-10-11-18(21-6-2)16(12-15)13-20(4)17-8-7-9-17/h10-12,14,17,19H,5-9,13H2,1-4H3. The molecule has 1 fully saturated rings. The van der Waals surface area contributed by atoms with Crippen LogP contribution in [0.2, 0.25) is 0 Å². The first-order valence-corrected chi connectivity index (χ1v) is 8.34. The summed E-state index contributed by atoms with van der Waals surface area (Å²) >= 11 is 0. The molecule has 3 heteroatoms. The van der Waals surface area contributed by atoms with Crippen molar-refractivity contribution in [2.45, 2.75) is 58.7 Å². The molecule has 1 aromatic carbocycles. The molecule has 0 spiro atoms. The summed E-state index contributed by atoms with van der Waals surface area (Å²) in [6, 6.07) is 7.78. The highest BCUT2D eigenvalue weighted by atomic mass is 16.5. The molecule has 1 aromatic rings. The topological polar surface area (TPSA) is 24.5 Å². The minimum Gasteiger partial charge on any atom is -0.494 e. The second kappa shape index (κ2) is 7.81. The minimum atomic E-state index is 0.387. The third-order valence-corrected chi connectivity index (χ3v) is 4.51. The zero-order valence-electron chi connectivity index (χ0n) is 14.0. The van der Waals surface area contributed by atoms with Crippen LogP contribution in [0, 0.1) is 0 Å². The van der Waals surface area contributed by atoms with Crippen LogP contribution in [0.3, 0.4) is 0 Å². The van der Waals surface area contributed by atoms with E-state index in [9.17, 15) is 0 Å². The quantitative estimate of drug-likeness (QED) is 0.789. The van der Waals surface area contributed by atoms with Crippen molar-refractivity contribution in [3.8, 4) is 5.75 Å². The lowest BCUT2D eigenvalue weighted by atomic mass is 9.91. The van der Waals surface area contributed by atoms with Gasteiger partial charge in [-0.25, -0.2) is 0 Å². The predicted molar refractivity (Wildman–Crippen MR) is 88.8 cm³/mol. The fraction of sp³-hybridized carbons (Fsp3) is 0.667. The highest BCUT2D eigenvalue weighted by Gasteiger charge is 2.23. The van der Waals surface area contributed by atoms with Crippen molar-refractivity contribution in [1.29, 1.82) is 0 Å². The van der Waals surface area contributed by atoms with Crippen LogP contribution in [0.25, 0.3) is 0 Å². The summed E-state index contributed by atoms with van der Waals surface area (Å²) in [5.74, 6) is 1.04. The molecular weight excluding hydrogens is 260 g/mol. The highest BCUT2D eigenvalue weighted by molar-refractivity contribution is 5.38. The van der Waals surface area contributed by atoms with Gasteiger partial charge in [0, 0.05) is 24.2 Å². The average molecular weight is 290 g/mol. The van der Waals surface area contributed by atoms with Gasteiger partial charge in [0.25, 0.3) is 0 Å². The summed E-state index contributed by atoms with van der Waals surface area (Å²) < 4.78 is 5.82. The Kier molecular flexibility index (Phi) is 6.07. The van der Waals surface area contributed by atoms with E-state index in [1.807, 2.05) is 0 Å². The number of nitrogens with zero attached hydrogens (tertiary/aromatic N) is 1. The second-order valence-corrected chi connectivity index (χ2v) is 6.08. The number of ether oxygens (including phenoxy) is 1. The van der Waals surface area contributed by atoms with Crippen LogP contribution in [0.4, 0.5) is 0 Å². The van der Waals surface area contributed by atoms with E-state index in [-0.39, 0.29) is 0 Å². The van der Waals surface area contributed by atoms with E-state index < -0.39 is 0 Å². The molecule has 0 saturated heterocycles. The highest BCUT2D eigenvalue weighted by Crippen LogP contribution is 2.29. The van der Waals surface area contributed by atoms with Crippen molar-refractivity contribution in [2.75, 3.05) is 20.2 Å². The van der Waals surface area contributed by atoms with Gasteiger partial charge in [-0.2, -0.15) is 0 Å². The van der Waals surface area contributed by atoms with Crippen molar-refractivity contribution >= 4 is 0 Å². The van der Waals surface area contributed by atoms with Crippen LogP contribution >= 0.6 is 0 Å². The molecule has 1 unspecified atom stereocenters. The largest absolute Gasteiger partial charge is 0.494 e. The van der Waals surface area contributed by atoms with Crippen LogP contribution in [0.15, 0.2) is 18.2 Å². The predicted octanol–water partition coefficient (Wildman–Crippen LogP) is 3.74. The third-order valence-electron chi connectivity index (χ3n) is 4.51. The molecule has 1 N–H and O–H groups in total. The van der Waals surface area contributed by atoms with E-state index in [0.717, 1.165) is 31.5 Å². The van der Waals surface area contributed by atoms with Crippen molar-refractivity contribution in [2.24, 2.45) is 0 Å². The van der Waals surface area contributed by atoms with Gasteiger partial charge < -0.3 is 10.1 Å². The van der Waals surface area contributed by atoms with Crippen LogP contribution in [0.1, 0.15) is 57.2 Å². The van der Waals surface area contributed by atoms with Crippen LogP contribution in [-0.4, -0.2) is 31.1 Å². The average Bonchev–Trinajstić information content (AvgIpc) is 2.39. The molecule has 1 saturated carbocycles. The molecule has 0 bridgehead atoms. The van der Waals surface area contributed by atoms with Gasteiger partial charge in [0.15, 0.2) is 0 Å². The number of hydrogen-bond acceptors (Lipinski definition) is 3. The van der Waals surface area contributed by atoms with Crippen LogP contribution < -0.4 is 10.1 Å². The first kappa shape index (κ1) is 16.3. The molecule has 118 valence electrons. The van der Waals surface area contributed by atoms with E-state index in [0.29, 0.717) is 6.04 Å². The molecule has 1 aliphatic rings. The van der Waals surface area contributed by atoms with Gasteiger partial charge in [0.05, 0.1) is 6.61 Å². The maximum Gasteiger partial charge on any atom is 0.123 e. The van der Waals surface area contributed by atoms with E-state index in [1.54, 1.807) is 0 Å². The summed E-state index contributed by atoms with van der Waals surface area (Å²) in [7, 11) is 2.24. The molecule has 2 rings (SSSR count). The SMILES string of the molecule is CCNC(C)c1ccc(OCC)c(CN(C)C2CCC2)c1. The van der Waals surface area contributed by atoms with E-state index in [1.165, 1.54) is 30.4 Å². The molecular formula is C18H30N2O. The Morgan fingerprint density at radius 2 is 2.10 bits per heavy atom. The lowest BCUT2D eigenvalue weighted by molar-refractivity contribution is 0.151. The van der Waals surface area contributed by atoms with Gasteiger partial charge in [-0.3, -0.25) is 4.90 Å². The van der Waals surface area contributed by atoms with Crippen molar-refractivity contribution in [3.63, 3.8) is 0 Å². The Labute approximate surface area is 129 Å². The monoisotopic (exact) mass is 290 g/mol. The molecule has 1 aliphatic carbocycles. The first-order valence-electron chi connectivity index (χ1n) is 8.34. The summed E-state index contributed by atoms with van der Waals surface area (Å²) in [5.41, 5.74) is 2.66. The van der Waals surface area contributed by atoms with Crippen LogP contribution in [0.5, 0.6) is 5.75 Å². The molecule has 1 atom stereocenters. The Balaban J connectivity index is 2.15. The fourth-order valence-corrected chi connectivity index (χ4v) is 2.94. The van der Waals surface area contributed by atoms with Crippen molar-refractivity contribution in [3.05, 3.63) is 29.3 Å². The summed E-state index contributed by atoms with van der Waals surface area (Å²) in [6.45, 7) is 9.12. The molecule has 0 aliphatic heterocycles. The molecule has 0 aromatic heterocycles. The Hall–Kier alpha value is -1.06. The van der Waals surface area contributed by atoms with E-state index in [4.69, 9.17) is 4.74 Å². The maximum absolute atomic E-state index is 5.82. The fourth-order valence-electron chi connectivity index (χ4n) is 2.94. The van der Waals surface area contributed by atoms with Crippen LogP contribution in [-0.2, 0) is 6.54 Å². The summed E-state index contributed by atoms with van der Waals surface area (Å²) in [4.78, 5) is 2.48. The van der Waals surface area contributed by atoms with Gasteiger partial charge in [0.2, 0.25) is 0 Å². The Morgan fingerprint density at radius 1 is 1.33 bits per heavy atom. The van der Waals surface area contributed by atoms with Gasteiger partial charge >= 0.3 is 0 Å². The first-order chi connectivity index (χ1) is 10.2. The second-order valence-electron chi connectivity index (χ2n) is 6.08. The number of nitrogens with one attached hydrogen (secondary N) is 1. The third kappa shape index (κ3) is 4.21. The molecule has 0 amide bonds. The molecule has 0 radical (unpaired) electrons. The zero-order chi connectivity index (χ0) is 15.2. The summed E-state index contributed by atoms with van der Waals surface area (Å²) in [5, 5.41) is 3.48. The zero-order valence-corrected chi connectivity index (χ0v) is 14.0. The van der Waals surface area contributed by atoms with Gasteiger partial charge in [-0.05, 0) is 58.0 Å². The van der Waals surface area contributed by atoms with E-state index >= 15 is 0 Å². The van der Waals surface area contributed by atoms with E-state index in [2.05, 4.69) is 56.2 Å². The summed E-state index contributed by atoms with van der Waals surface area (Å²) in [6.07, 6.45) is 4.06. The van der Waals surface area contributed by atoms with Gasteiger partial charge in [-0.15, -0.1) is 0 Å². The Bertz CT molecular complexity index is 443. The number of hydrogen-bond donors (Lipinski definition) is 1. The lowest BCUT2D eigenvalue weighted by Crippen LogP contribution is -2.36.